The molecule has 0 radical (unpaired) electrons. The van der Waals surface area contributed by atoms with Crippen LogP contribution in [0.2, 0.25) is 0 Å². The van der Waals surface area contributed by atoms with Crippen molar-refractivity contribution in [2.75, 3.05) is 13.2 Å². The molecule has 0 rings (SSSR count). The standard InChI is InChI=1S/C10H19O6P/c1-6-13-17(12,14-7-2)16-9(5)15-10(11)8(3)4/h9H,3,6-7H2,1-2,4-5H3. The van der Waals surface area contributed by atoms with Gasteiger partial charge in [0.1, 0.15) is 0 Å². The van der Waals surface area contributed by atoms with E-state index in [0.717, 1.165) is 0 Å². The SMILES string of the molecule is C=C(C)C(=O)OC(C)OP(=O)(OCC)OCC. The first-order chi connectivity index (χ1) is 7.84. The molecule has 0 heterocycles. The molecule has 0 aliphatic rings. The summed E-state index contributed by atoms with van der Waals surface area (Å²) in [5, 5.41) is 0. The molecule has 0 spiro atoms. The maximum absolute atomic E-state index is 11.9. The Labute approximate surface area is 101 Å². The second-order valence-electron chi connectivity index (χ2n) is 3.14. The van der Waals surface area contributed by atoms with Gasteiger partial charge in [-0.15, -0.1) is 0 Å². The summed E-state index contributed by atoms with van der Waals surface area (Å²) in [4.78, 5) is 11.2. The quantitative estimate of drug-likeness (QED) is 0.291. The Morgan fingerprint density at radius 1 is 1.29 bits per heavy atom. The van der Waals surface area contributed by atoms with Gasteiger partial charge in [-0.3, -0.25) is 9.05 Å². The molecule has 7 heteroatoms. The molecular formula is C10H19O6P. The molecule has 0 aliphatic carbocycles. The largest absolute Gasteiger partial charge is 0.477 e. The molecule has 17 heavy (non-hydrogen) atoms. The predicted molar refractivity (Wildman–Crippen MR) is 62.3 cm³/mol. The first kappa shape index (κ1) is 16.3. The Hall–Kier alpha value is -0.680. The third kappa shape index (κ3) is 6.58. The van der Waals surface area contributed by atoms with Crippen molar-refractivity contribution < 1.29 is 27.7 Å². The van der Waals surface area contributed by atoms with Crippen LogP contribution in [0.4, 0.5) is 0 Å². The topological polar surface area (TPSA) is 71.1 Å². The highest BCUT2D eigenvalue weighted by molar-refractivity contribution is 7.48. The molecule has 0 saturated carbocycles. The van der Waals surface area contributed by atoms with Gasteiger partial charge in [-0.25, -0.2) is 13.9 Å². The highest BCUT2D eigenvalue weighted by Crippen LogP contribution is 2.50. The Morgan fingerprint density at radius 3 is 2.12 bits per heavy atom. The normalized spacial score (nSPS) is 13.2. The summed E-state index contributed by atoms with van der Waals surface area (Å²) in [5.74, 6) is -0.628. The number of carbonyl (C=O) groups is 1. The molecule has 0 fully saturated rings. The fourth-order valence-corrected chi connectivity index (χ4v) is 2.10. The first-order valence-corrected chi connectivity index (χ1v) is 6.74. The zero-order chi connectivity index (χ0) is 13.5. The van der Waals surface area contributed by atoms with Gasteiger partial charge in [-0.1, -0.05) is 6.58 Å². The third-order valence-corrected chi connectivity index (χ3v) is 3.18. The molecule has 0 aliphatic heterocycles. The monoisotopic (exact) mass is 266 g/mol. The summed E-state index contributed by atoms with van der Waals surface area (Å²) >= 11 is 0. The van der Waals surface area contributed by atoms with E-state index in [2.05, 4.69) is 6.58 Å². The summed E-state index contributed by atoms with van der Waals surface area (Å²) in [5.41, 5.74) is 0.225. The summed E-state index contributed by atoms with van der Waals surface area (Å²) in [6, 6.07) is 0. The van der Waals surface area contributed by atoms with Crippen LogP contribution in [0.3, 0.4) is 0 Å². The first-order valence-electron chi connectivity index (χ1n) is 5.28. The Bertz CT molecular complexity index is 304. The highest BCUT2D eigenvalue weighted by atomic mass is 31.2. The Kier molecular flexibility index (Phi) is 7.30. The van der Waals surface area contributed by atoms with Crippen molar-refractivity contribution in [2.45, 2.75) is 34.0 Å². The van der Waals surface area contributed by atoms with Crippen LogP contribution in [0.1, 0.15) is 27.7 Å². The van der Waals surface area contributed by atoms with Crippen LogP contribution >= 0.6 is 7.82 Å². The van der Waals surface area contributed by atoms with Crippen LogP contribution in [0.15, 0.2) is 12.2 Å². The second kappa shape index (κ2) is 7.61. The molecule has 0 aromatic heterocycles. The maximum Gasteiger partial charge on any atom is 0.477 e. The van der Waals surface area contributed by atoms with Gasteiger partial charge >= 0.3 is 13.8 Å². The number of phosphoric acid groups is 1. The summed E-state index contributed by atoms with van der Waals surface area (Å²) in [7, 11) is -3.67. The van der Waals surface area contributed by atoms with Crippen LogP contribution in [0.5, 0.6) is 0 Å². The van der Waals surface area contributed by atoms with E-state index in [1.165, 1.54) is 13.8 Å². The highest BCUT2D eigenvalue weighted by Gasteiger charge is 2.29. The molecule has 0 aromatic rings. The van der Waals surface area contributed by atoms with Crippen molar-refractivity contribution >= 4 is 13.8 Å². The van der Waals surface area contributed by atoms with Crippen LogP contribution in [-0.4, -0.2) is 25.5 Å². The van der Waals surface area contributed by atoms with Gasteiger partial charge in [0.05, 0.1) is 13.2 Å². The van der Waals surface area contributed by atoms with E-state index in [-0.39, 0.29) is 18.8 Å². The van der Waals surface area contributed by atoms with Gasteiger partial charge in [0.15, 0.2) is 0 Å². The van der Waals surface area contributed by atoms with Crippen molar-refractivity contribution in [3.05, 3.63) is 12.2 Å². The average Bonchev–Trinajstić information content (AvgIpc) is 2.16. The second-order valence-corrected chi connectivity index (χ2v) is 4.76. The minimum absolute atomic E-state index is 0.165. The fraction of sp³-hybridized carbons (Fsp3) is 0.700. The van der Waals surface area contributed by atoms with Crippen LogP contribution in [0, 0.1) is 0 Å². The zero-order valence-corrected chi connectivity index (χ0v) is 11.5. The van der Waals surface area contributed by atoms with Gasteiger partial charge in [0, 0.05) is 5.57 Å². The van der Waals surface area contributed by atoms with Crippen molar-refractivity contribution in [1.29, 1.82) is 0 Å². The zero-order valence-electron chi connectivity index (χ0n) is 10.6. The molecule has 0 saturated heterocycles. The van der Waals surface area contributed by atoms with E-state index >= 15 is 0 Å². The van der Waals surface area contributed by atoms with E-state index in [4.69, 9.17) is 18.3 Å². The number of rotatable bonds is 8. The number of ether oxygens (including phenoxy) is 1. The summed E-state index contributed by atoms with van der Waals surface area (Å²) < 4.78 is 31.4. The van der Waals surface area contributed by atoms with Gasteiger partial charge in [-0.2, -0.15) is 0 Å². The van der Waals surface area contributed by atoms with E-state index in [1.807, 2.05) is 0 Å². The fourth-order valence-electron chi connectivity index (χ4n) is 0.869. The molecule has 1 atom stereocenters. The van der Waals surface area contributed by atoms with E-state index < -0.39 is 20.1 Å². The van der Waals surface area contributed by atoms with Crippen LogP contribution in [0.25, 0.3) is 0 Å². The molecular weight excluding hydrogens is 247 g/mol. The lowest BCUT2D eigenvalue weighted by Gasteiger charge is -2.20. The third-order valence-electron chi connectivity index (χ3n) is 1.47. The lowest BCUT2D eigenvalue weighted by molar-refractivity contribution is -0.158. The smallest absolute Gasteiger partial charge is 0.432 e. The Balaban J connectivity index is 4.40. The predicted octanol–water partition coefficient (Wildman–Crippen LogP) is 2.65. The number of hydrogen-bond acceptors (Lipinski definition) is 6. The van der Waals surface area contributed by atoms with Crippen molar-refractivity contribution in [2.24, 2.45) is 0 Å². The van der Waals surface area contributed by atoms with Crippen molar-refractivity contribution in [3.8, 4) is 0 Å². The summed E-state index contributed by atoms with van der Waals surface area (Å²) in [6.07, 6.45) is -1.04. The van der Waals surface area contributed by atoms with Crippen LogP contribution < -0.4 is 0 Å². The van der Waals surface area contributed by atoms with E-state index in [0.29, 0.717) is 0 Å². The lowest BCUT2D eigenvalue weighted by atomic mass is 10.4. The molecule has 0 bridgehead atoms. The minimum atomic E-state index is -3.67. The van der Waals surface area contributed by atoms with Gasteiger partial charge in [-0.05, 0) is 27.7 Å². The number of esters is 1. The molecule has 0 amide bonds. The van der Waals surface area contributed by atoms with E-state index in [9.17, 15) is 9.36 Å². The van der Waals surface area contributed by atoms with Gasteiger partial charge in [0.2, 0.25) is 6.29 Å². The molecule has 0 aromatic carbocycles. The van der Waals surface area contributed by atoms with Crippen LogP contribution in [-0.2, 0) is 27.7 Å². The molecule has 6 nitrogen and oxygen atoms in total. The summed E-state index contributed by atoms with van der Waals surface area (Å²) in [6.45, 7) is 9.97. The number of carbonyl (C=O) groups excluding carboxylic acids is 1. The van der Waals surface area contributed by atoms with Gasteiger partial charge < -0.3 is 4.74 Å². The minimum Gasteiger partial charge on any atom is -0.432 e. The molecule has 1 unspecified atom stereocenters. The lowest BCUT2D eigenvalue weighted by Crippen LogP contribution is -2.18. The van der Waals surface area contributed by atoms with Crippen molar-refractivity contribution in [3.63, 3.8) is 0 Å². The molecule has 100 valence electrons. The average molecular weight is 266 g/mol. The van der Waals surface area contributed by atoms with E-state index in [1.54, 1.807) is 13.8 Å². The molecule has 0 N–H and O–H groups in total. The number of hydrogen-bond donors (Lipinski definition) is 0. The number of phosphoric ester groups is 1. The van der Waals surface area contributed by atoms with Gasteiger partial charge in [0.25, 0.3) is 0 Å². The Morgan fingerprint density at radius 2 is 1.76 bits per heavy atom. The van der Waals surface area contributed by atoms with Crippen molar-refractivity contribution in [1.82, 2.24) is 0 Å². The maximum atomic E-state index is 11.9.